The zero-order valence-electron chi connectivity index (χ0n) is 15.5. The number of aromatic nitrogens is 1. The van der Waals surface area contributed by atoms with Gasteiger partial charge in [0.05, 0.1) is 6.61 Å². The van der Waals surface area contributed by atoms with E-state index in [1.54, 1.807) is 29.7 Å². The summed E-state index contributed by atoms with van der Waals surface area (Å²) in [7, 11) is 0. The first-order chi connectivity index (χ1) is 13.0. The number of hydrogen-bond donors (Lipinski definition) is 2. The normalized spacial score (nSPS) is 15.5. The van der Waals surface area contributed by atoms with E-state index in [-0.39, 0.29) is 17.9 Å². The lowest BCUT2D eigenvalue weighted by Crippen LogP contribution is -2.55. The number of amides is 3. The van der Waals surface area contributed by atoms with Gasteiger partial charge in [0, 0.05) is 37.1 Å². The summed E-state index contributed by atoms with van der Waals surface area (Å²) in [5.74, 6) is -0.486. The summed E-state index contributed by atoms with van der Waals surface area (Å²) in [4.78, 5) is 43.1. The van der Waals surface area contributed by atoms with Gasteiger partial charge in [-0.15, -0.1) is 0 Å². The molecule has 2 N–H and O–H groups in total. The summed E-state index contributed by atoms with van der Waals surface area (Å²) in [5.41, 5.74) is 1.29. The zero-order valence-corrected chi connectivity index (χ0v) is 15.5. The Hall–Kier alpha value is -3.03. The van der Waals surface area contributed by atoms with Gasteiger partial charge in [0.2, 0.25) is 5.91 Å². The molecule has 1 atom stereocenters. The number of carbonyl (C=O) groups excluding carboxylic acids is 3. The Balaban J connectivity index is 1.54. The predicted octanol–water partition coefficient (Wildman–Crippen LogP) is 1.59. The number of nitrogens with zero attached hydrogens (tertiary/aromatic N) is 2. The molecule has 2 heterocycles. The van der Waals surface area contributed by atoms with Crippen LogP contribution in [-0.2, 0) is 9.53 Å². The topological polar surface area (TPSA) is 94.7 Å². The third-order valence-electron chi connectivity index (χ3n) is 4.61. The van der Waals surface area contributed by atoms with Crippen LogP contribution in [-0.4, -0.2) is 71.5 Å². The molecule has 2 aromatic rings. The minimum absolute atomic E-state index is 0.164. The van der Waals surface area contributed by atoms with Crippen molar-refractivity contribution in [3.05, 3.63) is 36.0 Å². The van der Waals surface area contributed by atoms with Gasteiger partial charge in [0.25, 0.3) is 5.91 Å². The molecule has 3 rings (SSSR count). The van der Waals surface area contributed by atoms with Crippen molar-refractivity contribution in [2.24, 2.45) is 0 Å². The Labute approximate surface area is 157 Å². The Morgan fingerprint density at radius 1 is 1.15 bits per heavy atom. The second-order valence-corrected chi connectivity index (χ2v) is 6.48. The molecule has 0 aliphatic carbocycles. The number of nitrogens with one attached hydrogen (secondary N) is 2. The van der Waals surface area contributed by atoms with E-state index in [2.05, 4.69) is 10.3 Å². The molecule has 1 fully saturated rings. The molecule has 27 heavy (non-hydrogen) atoms. The minimum atomic E-state index is -0.655. The second-order valence-electron chi connectivity index (χ2n) is 6.48. The predicted molar refractivity (Wildman–Crippen MR) is 100 cm³/mol. The highest BCUT2D eigenvalue weighted by Crippen LogP contribution is 2.14. The molecule has 144 valence electrons. The number of ether oxygens (including phenoxy) is 1. The molecule has 1 aromatic carbocycles. The molecule has 0 unspecified atom stereocenters. The molecular weight excluding hydrogens is 348 g/mol. The van der Waals surface area contributed by atoms with Crippen molar-refractivity contribution in [3.8, 4) is 0 Å². The molecule has 1 aliphatic rings. The van der Waals surface area contributed by atoms with E-state index in [1.165, 1.54) is 0 Å². The number of aromatic amines is 1. The van der Waals surface area contributed by atoms with Gasteiger partial charge in [0.1, 0.15) is 11.7 Å². The van der Waals surface area contributed by atoms with E-state index >= 15 is 0 Å². The number of piperazine rings is 1. The van der Waals surface area contributed by atoms with Crippen LogP contribution in [0.3, 0.4) is 0 Å². The molecule has 3 amide bonds. The van der Waals surface area contributed by atoms with E-state index < -0.39 is 6.04 Å². The summed E-state index contributed by atoms with van der Waals surface area (Å²) in [5, 5.41) is 3.68. The number of fused-ring (bicyclic) bond motifs is 1. The number of carbonyl (C=O) groups is 3. The van der Waals surface area contributed by atoms with Crippen LogP contribution in [0.1, 0.15) is 24.3 Å². The van der Waals surface area contributed by atoms with Crippen LogP contribution in [0.5, 0.6) is 0 Å². The number of hydrogen-bond acceptors (Lipinski definition) is 4. The molecule has 1 saturated heterocycles. The van der Waals surface area contributed by atoms with Crippen molar-refractivity contribution < 1.29 is 19.1 Å². The van der Waals surface area contributed by atoms with Crippen molar-refractivity contribution in [2.45, 2.75) is 19.9 Å². The summed E-state index contributed by atoms with van der Waals surface area (Å²) >= 11 is 0. The maximum atomic E-state index is 12.6. The zero-order chi connectivity index (χ0) is 19.4. The van der Waals surface area contributed by atoms with Crippen LogP contribution in [0.15, 0.2) is 30.3 Å². The van der Waals surface area contributed by atoms with Crippen molar-refractivity contribution >= 4 is 28.8 Å². The maximum absolute atomic E-state index is 12.6. The van der Waals surface area contributed by atoms with Gasteiger partial charge in [0.15, 0.2) is 0 Å². The highest BCUT2D eigenvalue weighted by atomic mass is 16.6. The monoisotopic (exact) mass is 372 g/mol. The Morgan fingerprint density at radius 3 is 2.48 bits per heavy atom. The first-order valence-corrected chi connectivity index (χ1v) is 9.08. The lowest BCUT2D eigenvalue weighted by atomic mass is 10.2. The Morgan fingerprint density at radius 2 is 1.81 bits per heavy atom. The van der Waals surface area contributed by atoms with Crippen molar-refractivity contribution in [1.29, 1.82) is 0 Å². The lowest BCUT2D eigenvalue weighted by molar-refractivity contribution is -0.134. The first-order valence-electron chi connectivity index (χ1n) is 9.08. The van der Waals surface area contributed by atoms with Gasteiger partial charge in [-0.05, 0) is 26.0 Å². The average Bonchev–Trinajstić information content (AvgIpc) is 3.12. The molecule has 0 bridgehead atoms. The number of rotatable bonds is 4. The van der Waals surface area contributed by atoms with Crippen molar-refractivity contribution in [1.82, 2.24) is 20.1 Å². The van der Waals surface area contributed by atoms with Crippen molar-refractivity contribution in [2.75, 3.05) is 32.8 Å². The van der Waals surface area contributed by atoms with Crippen LogP contribution in [0.25, 0.3) is 10.9 Å². The fourth-order valence-electron chi connectivity index (χ4n) is 3.13. The van der Waals surface area contributed by atoms with Crippen LogP contribution in [0.4, 0.5) is 4.79 Å². The van der Waals surface area contributed by atoms with Gasteiger partial charge < -0.3 is 24.8 Å². The molecule has 8 heteroatoms. The lowest BCUT2D eigenvalue weighted by Gasteiger charge is -2.35. The van der Waals surface area contributed by atoms with Crippen LogP contribution < -0.4 is 5.32 Å². The fourth-order valence-corrected chi connectivity index (χ4v) is 3.13. The second kappa shape index (κ2) is 8.11. The molecule has 1 aliphatic heterocycles. The quantitative estimate of drug-likeness (QED) is 0.852. The summed E-state index contributed by atoms with van der Waals surface area (Å²) < 4.78 is 4.97. The van der Waals surface area contributed by atoms with E-state index in [9.17, 15) is 14.4 Å². The smallest absolute Gasteiger partial charge is 0.409 e. The summed E-state index contributed by atoms with van der Waals surface area (Å²) in [6.07, 6.45) is -0.357. The van der Waals surface area contributed by atoms with Crippen molar-refractivity contribution in [3.63, 3.8) is 0 Å². The SMILES string of the molecule is CCOC(=O)N1CCN(C(=O)[C@H](C)NC(=O)c2cc3ccccc3[nH]2)CC1. The van der Waals surface area contributed by atoms with Crippen LogP contribution in [0, 0.1) is 0 Å². The van der Waals surface area contributed by atoms with Gasteiger partial charge in [-0.25, -0.2) is 4.79 Å². The standard InChI is InChI=1S/C19H24N4O4/c1-3-27-19(26)23-10-8-22(9-11-23)18(25)13(2)20-17(24)16-12-14-6-4-5-7-15(14)21-16/h4-7,12-13,21H,3,8-11H2,1-2H3,(H,20,24)/t13-/m0/s1. The van der Waals surface area contributed by atoms with E-state index in [1.807, 2.05) is 24.3 Å². The van der Waals surface area contributed by atoms with E-state index in [4.69, 9.17) is 4.74 Å². The molecule has 1 aromatic heterocycles. The third kappa shape index (κ3) is 4.21. The highest BCUT2D eigenvalue weighted by molar-refractivity contribution is 6.00. The third-order valence-corrected chi connectivity index (χ3v) is 4.61. The van der Waals surface area contributed by atoms with Gasteiger partial charge >= 0.3 is 6.09 Å². The van der Waals surface area contributed by atoms with E-state index in [0.29, 0.717) is 38.5 Å². The number of para-hydroxylation sites is 1. The highest BCUT2D eigenvalue weighted by Gasteiger charge is 2.28. The number of H-pyrrole nitrogens is 1. The summed E-state index contributed by atoms with van der Waals surface area (Å²) in [6, 6.07) is 8.71. The fraction of sp³-hybridized carbons (Fsp3) is 0.421. The Bertz CT molecular complexity index is 806. The maximum Gasteiger partial charge on any atom is 0.409 e. The van der Waals surface area contributed by atoms with Gasteiger partial charge in [-0.1, -0.05) is 18.2 Å². The average molecular weight is 372 g/mol. The molecule has 0 spiro atoms. The molecule has 0 radical (unpaired) electrons. The minimum Gasteiger partial charge on any atom is -0.450 e. The molecule has 8 nitrogen and oxygen atoms in total. The van der Waals surface area contributed by atoms with Gasteiger partial charge in [-0.3, -0.25) is 9.59 Å². The molecule has 0 saturated carbocycles. The number of benzene rings is 1. The van der Waals surface area contributed by atoms with Crippen LogP contribution >= 0.6 is 0 Å². The largest absolute Gasteiger partial charge is 0.450 e. The van der Waals surface area contributed by atoms with E-state index in [0.717, 1.165) is 10.9 Å². The molecular formula is C19H24N4O4. The first kappa shape index (κ1) is 18.8. The van der Waals surface area contributed by atoms with Crippen LogP contribution in [0.2, 0.25) is 0 Å². The summed E-state index contributed by atoms with van der Waals surface area (Å²) in [6.45, 7) is 5.44. The van der Waals surface area contributed by atoms with Gasteiger partial charge in [-0.2, -0.15) is 0 Å². The Kier molecular flexibility index (Phi) is 5.63.